The Morgan fingerprint density at radius 3 is 1.34 bits per heavy atom. The van der Waals surface area contributed by atoms with Crippen molar-refractivity contribution in [1.29, 1.82) is 0 Å². The third kappa shape index (κ3) is 7.23. The van der Waals surface area contributed by atoms with Crippen molar-refractivity contribution >= 4 is 22.9 Å². The van der Waals surface area contributed by atoms with E-state index in [1.54, 1.807) is 12.1 Å². The number of hydrogen-bond donors (Lipinski definition) is 2. The first-order chi connectivity index (χ1) is 18.3. The third-order valence-electron chi connectivity index (χ3n) is 7.89. The molecule has 2 atom stereocenters. The van der Waals surface area contributed by atoms with Gasteiger partial charge in [0.05, 0.1) is 11.1 Å². The zero-order valence-electron chi connectivity index (χ0n) is 24.4. The highest BCUT2D eigenvalue weighted by Gasteiger charge is 2.34. The number of nitrogens with one attached hydrogen (secondary N) is 2. The van der Waals surface area contributed by atoms with E-state index in [1.807, 2.05) is 24.3 Å². The summed E-state index contributed by atoms with van der Waals surface area (Å²) in [6.07, 6.45) is 4.15. The lowest BCUT2D eigenvalue weighted by Gasteiger charge is -2.27. The minimum atomic E-state index is -0.0779. The Kier molecular flexibility index (Phi) is 11.4. The number of carbonyl (C=O) groups excluding carboxylic acids is 2. The molecule has 0 saturated heterocycles. The zero-order chi connectivity index (χ0) is 27.7. The highest BCUT2D eigenvalue weighted by Crippen LogP contribution is 2.37. The molecular formula is C32H48N4O2. The Morgan fingerprint density at radius 2 is 1.00 bits per heavy atom. The predicted octanol–water partition coefficient (Wildman–Crippen LogP) is 6.31. The Hall–Kier alpha value is -2.70. The molecule has 0 fully saturated rings. The number of ketones is 2. The summed E-state index contributed by atoms with van der Waals surface area (Å²) in [6, 6.07) is 11.5. The first-order valence-corrected chi connectivity index (χ1v) is 14.7. The quantitative estimate of drug-likeness (QED) is 0.231. The lowest BCUT2D eigenvalue weighted by molar-refractivity contribution is 0.0980. The maximum Gasteiger partial charge on any atom is 0.196 e. The van der Waals surface area contributed by atoms with Crippen LogP contribution in [-0.2, 0) is 0 Å². The average Bonchev–Trinajstić information content (AvgIpc) is 2.92. The molecule has 0 aliphatic heterocycles. The minimum Gasteiger partial charge on any atom is -0.382 e. The molecule has 0 saturated carbocycles. The number of rotatable bonds is 16. The van der Waals surface area contributed by atoms with Crippen molar-refractivity contribution in [1.82, 2.24) is 9.80 Å². The normalized spacial score (nSPS) is 14.4. The highest BCUT2D eigenvalue weighted by molar-refractivity contribution is 6.31. The maximum atomic E-state index is 13.8. The number of nitrogens with zero attached hydrogens (tertiary/aromatic N) is 2. The second-order valence-electron chi connectivity index (χ2n) is 10.5. The fourth-order valence-corrected chi connectivity index (χ4v) is 5.46. The summed E-state index contributed by atoms with van der Waals surface area (Å²) in [6.45, 7) is 19.5. The average molecular weight is 521 g/mol. The van der Waals surface area contributed by atoms with Gasteiger partial charge in [-0.3, -0.25) is 9.59 Å². The zero-order valence-corrected chi connectivity index (χ0v) is 24.4. The van der Waals surface area contributed by atoms with Crippen LogP contribution in [0.25, 0.3) is 0 Å². The van der Waals surface area contributed by atoms with Crippen LogP contribution in [0, 0.1) is 0 Å². The standard InChI is InChI=1S/C32H48N4O2/c1-7-35(8-2)21-13-15-23(5)33-27-19-20-28(34-24(6)16-14-22-36(9-3)10-4)30-29(27)31(37)25-17-11-12-18-26(25)32(30)38/h11-12,17-20,23-24,33-34H,7-10,13-16,21-22H2,1-6H3. The molecule has 1 aliphatic rings. The van der Waals surface area contributed by atoms with Gasteiger partial charge >= 0.3 is 0 Å². The van der Waals surface area contributed by atoms with Crippen molar-refractivity contribution in [2.24, 2.45) is 0 Å². The summed E-state index contributed by atoms with van der Waals surface area (Å²) < 4.78 is 0. The molecule has 2 aromatic carbocycles. The number of carbonyl (C=O) groups is 2. The topological polar surface area (TPSA) is 64.7 Å². The van der Waals surface area contributed by atoms with Crippen molar-refractivity contribution < 1.29 is 9.59 Å². The second kappa shape index (κ2) is 14.5. The van der Waals surface area contributed by atoms with Crippen LogP contribution in [-0.4, -0.2) is 72.7 Å². The van der Waals surface area contributed by atoms with Crippen LogP contribution in [0.2, 0.25) is 0 Å². The van der Waals surface area contributed by atoms with E-state index in [9.17, 15) is 9.59 Å². The molecular weight excluding hydrogens is 472 g/mol. The van der Waals surface area contributed by atoms with Gasteiger partial charge in [0.15, 0.2) is 11.6 Å². The fraction of sp³-hybridized carbons (Fsp3) is 0.562. The van der Waals surface area contributed by atoms with E-state index in [2.05, 4.69) is 62.0 Å². The van der Waals surface area contributed by atoms with Crippen LogP contribution in [0.5, 0.6) is 0 Å². The fourth-order valence-electron chi connectivity index (χ4n) is 5.46. The Labute approximate surface area is 230 Å². The minimum absolute atomic E-state index is 0.0779. The molecule has 0 heterocycles. The first kappa shape index (κ1) is 29.9. The van der Waals surface area contributed by atoms with Crippen LogP contribution in [0.15, 0.2) is 36.4 Å². The molecule has 1 aliphatic carbocycles. The van der Waals surface area contributed by atoms with Crippen LogP contribution in [0.1, 0.15) is 99.1 Å². The van der Waals surface area contributed by atoms with E-state index in [0.29, 0.717) is 22.3 Å². The molecule has 0 radical (unpaired) electrons. The lowest BCUT2D eigenvalue weighted by atomic mass is 9.82. The maximum absolute atomic E-state index is 13.8. The molecule has 0 bridgehead atoms. The Bertz CT molecular complexity index is 991. The summed E-state index contributed by atoms with van der Waals surface area (Å²) >= 11 is 0. The Morgan fingerprint density at radius 1 is 0.632 bits per heavy atom. The summed E-state index contributed by atoms with van der Waals surface area (Å²) in [4.78, 5) is 32.4. The van der Waals surface area contributed by atoms with E-state index in [4.69, 9.17) is 0 Å². The van der Waals surface area contributed by atoms with Crippen molar-refractivity contribution in [2.75, 3.05) is 49.9 Å². The summed E-state index contributed by atoms with van der Waals surface area (Å²) in [5.74, 6) is -0.156. The van der Waals surface area contributed by atoms with Crippen molar-refractivity contribution in [3.63, 3.8) is 0 Å². The molecule has 2 unspecified atom stereocenters. The van der Waals surface area contributed by atoms with E-state index in [-0.39, 0.29) is 23.7 Å². The Balaban J connectivity index is 1.83. The van der Waals surface area contributed by atoms with Gasteiger partial charge in [-0.2, -0.15) is 0 Å². The smallest absolute Gasteiger partial charge is 0.196 e. The number of benzene rings is 2. The van der Waals surface area contributed by atoms with Gasteiger partial charge < -0.3 is 20.4 Å². The molecule has 208 valence electrons. The van der Waals surface area contributed by atoms with Crippen LogP contribution in [0.3, 0.4) is 0 Å². The largest absolute Gasteiger partial charge is 0.382 e. The van der Waals surface area contributed by atoms with Gasteiger partial charge in [0.25, 0.3) is 0 Å². The molecule has 38 heavy (non-hydrogen) atoms. The molecule has 0 spiro atoms. The molecule has 6 heteroatoms. The summed E-state index contributed by atoms with van der Waals surface area (Å²) in [5.41, 5.74) is 3.50. The van der Waals surface area contributed by atoms with E-state index in [0.717, 1.165) is 76.3 Å². The predicted molar refractivity (Wildman–Crippen MR) is 160 cm³/mol. The SMILES string of the molecule is CCN(CC)CCCC(C)Nc1ccc(NC(C)CCCN(CC)CC)c2c1C(=O)c1ccccc1C2=O. The second-order valence-corrected chi connectivity index (χ2v) is 10.5. The molecule has 0 aromatic heterocycles. The van der Waals surface area contributed by atoms with Gasteiger partial charge in [0.1, 0.15) is 0 Å². The number of hydrogen-bond acceptors (Lipinski definition) is 6. The van der Waals surface area contributed by atoms with E-state index >= 15 is 0 Å². The molecule has 0 amide bonds. The summed E-state index contributed by atoms with van der Waals surface area (Å²) in [7, 11) is 0. The monoisotopic (exact) mass is 520 g/mol. The van der Waals surface area contributed by atoms with Crippen LogP contribution < -0.4 is 10.6 Å². The first-order valence-electron chi connectivity index (χ1n) is 14.7. The van der Waals surface area contributed by atoms with E-state index in [1.165, 1.54) is 0 Å². The summed E-state index contributed by atoms with van der Waals surface area (Å²) in [5, 5.41) is 7.15. The van der Waals surface area contributed by atoms with Crippen molar-refractivity contribution in [2.45, 2.75) is 79.3 Å². The van der Waals surface area contributed by atoms with E-state index < -0.39 is 0 Å². The molecule has 2 N–H and O–H groups in total. The van der Waals surface area contributed by atoms with Gasteiger partial charge in [-0.25, -0.2) is 0 Å². The number of anilines is 2. The van der Waals surface area contributed by atoms with Crippen LogP contribution >= 0.6 is 0 Å². The molecule has 3 rings (SSSR count). The lowest BCUT2D eigenvalue weighted by Crippen LogP contribution is -2.28. The van der Waals surface area contributed by atoms with Gasteiger partial charge in [0.2, 0.25) is 0 Å². The van der Waals surface area contributed by atoms with Gasteiger partial charge in [-0.15, -0.1) is 0 Å². The van der Waals surface area contributed by atoms with Gasteiger partial charge in [-0.05, 0) is 90.9 Å². The van der Waals surface area contributed by atoms with Gasteiger partial charge in [0, 0.05) is 34.6 Å². The van der Waals surface area contributed by atoms with Crippen molar-refractivity contribution in [3.05, 3.63) is 58.7 Å². The van der Waals surface area contributed by atoms with Gasteiger partial charge in [-0.1, -0.05) is 52.0 Å². The highest BCUT2D eigenvalue weighted by atomic mass is 16.1. The third-order valence-corrected chi connectivity index (χ3v) is 7.89. The number of fused-ring (bicyclic) bond motifs is 2. The van der Waals surface area contributed by atoms with Crippen LogP contribution in [0.4, 0.5) is 11.4 Å². The molecule has 6 nitrogen and oxygen atoms in total. The van der Waals surface area contributed by atoms with Crippen molar-refractivity contribution in [3.8, 4) is 0 Å². The molecule has 2 aromatic rings.